The lowest BCUT2D eigenvalue weighted by Gasteiger charge is -2.31. The number of nitrogens with one attached hydrogen (secondary N) is 1. The van der Waals surface area contributed by atoms with Crippen molar-refractivity contribution in [3.8, 4) is 0 Å². The molecule has 1 saturated heterocycles. The number of hydrogen-bond donors (Lipinski definition) is 1. The van der Waals surface area contributed by atoms with E-state index in [0.29, 0.717) is 18.2 Å². The fourth-order valence-corrected chi connectivity index (χ4v) is 2.85. The summed E-state index contributed by atoms with van der Waals surface area (Å²) in [4.78, 5) is 14.4. The van der Waals surface area contributed by atoms with Gasteiger partial charge in [-0.25, -0.2) is 0 Å². The van der Waals surface area contributed by atoms with Gasteiger partial charge in [0.05, 0.1) is 0 Å². The minimum atomic E-state index is -0.0367. The highest BCUT2D eigenvalue weighted by Crippen LogP contribution is 2.26. The van der Waals surface area contributed by atoms with Crippen LogP contribution in [-0.2, 0) is 6.42 Å². The molecule has 0 aliphatic carbocycles. The lowest BCUT2D eigenvalue weighted by Crippen LogP contribution is -2.39. The SMILES string of the molecule is CCCc1cc(C(=O)N2CCC[C@@H](c3ccn[nH]3)C2)no1. The van der Waals surface area contributed by atoms with E-state index in [-0.39, 0.29) is 5.91 Å². The molecule has 0 radical (unpaired) electrons. The monoisotopic (exact) mass is 288 g/mol. The van der Waals surface area contributed by atoms with Gasteiger partial charge in [0, 0.05) is 43.4 Å². The van der Waals surface area contributed by atoms with Crippen molar-refractivity contribution >= 4 is 5.91 Å². The Balaban J connectivity index is 1.68. The third kappa shape index (κ3) is 2.99. The Morgan fingerprint density at radius 1 is 1.57 bits per heavy atom. The average Bonchev–Trinajstić information content (AvgIpc) is 3.18. The predicted molar refractivity (Wildman–Crippen MR) is 77.0 cm³/mol. The minimum absolute atomic E-state index is 0.0367. The number of H-pyrrole nitrogens is 1. The summed E-state index contributed by atoms with van der Waals surface area (Å²) in [5.41, 5.74) is 1.52. The number of carbonyl (C=O) groups is 1. The third-order valence-electron chi connectivity index (χ3n) is 3.95. The highest BCUT2D eigenvalue weighted by atomic mass is 16.5. The summed E-state index contributed by atoms with van der Waals surface area (Å²) in [5.74, 6) is 1.07. The molecule has 6 nitrogen and oxygen atoms in total. The van der Waals surface area contributed by atoms with E-state index in [1.807, 2.05) is 11.0 Å². The van der Waals surface area contributed by atoms with Gasteiger partial charge in [0.25, 0.3) is 5.91 Å². The van der Waals surface area contributed by atoms with Crippen LogP contribution >= 0.6 is 0 Å². The molecule has 1 aliphatic heterocycles. The van der Waals surface area contributed by atoms with Crippen LogP contribution in [0.1, 0.15) is 54.0 Å². The molecule has 0 bridgehead atoms. The van der Waals surface area contributed by atoms with E-state index in [9.17, 15) is 4.79 Å². The maximum Gasteiger partial charge on any atom is 0.276 e. The first-order valence-electron chi connectivity index (χ1n) is 7.52. The van der Waals surface area contributed by atoms with E-state index in [2.05, 4.69) is 22.3 Å². The van der Waals surface area contributed by atoms with Crippen molar-refractivity contribution in [2.45, 2.75) is 38.5 Å². The zero-order valence-electron chi connectivity index (χ0n) is 12.2. The van der Waals surface area contributed by atoms with E-state index in [4.69, 9.17) is 4.52 Å². The van der Waals surface area contributed by atoms with E-state index < -0.39 is 0 Å². The molecule has 1 amide bonds. The summed E-state index contributed by atoms with van der Waals surface area (Å²) in [7, 11) is 0. The van der Waals surface area contributed by atoms with Gasteiger partial charge in [-0.2, -0.15) is 5.10 Å². The van der Waals surface area contributed by atoms with Crippen LogP contribution in [0.4, 0.5) is 0 Å². The normalized spacial score (nSPS) is 18.9. The van der Waals surface area contributed by atoms with Crippen molar-refractivity contribution < 1.29 is 9.32 Å². The van der Waals surface area contributed by atoms with E-state index in [1.165, 1.54) is 0 Å². The Kier molecular flexibility index (Phi) is 4.03. The van der Waals surface area contributed by atoms with Gasteiger partial charge in [-0.15, -0.1) is 0 Å². The molecule has 1 N–H and O–H groups in total. The molecule has 3 rings (SSSR count). The Bertz CT molecular complexity index is 591. The Morgan fingerprint density at radius 2 is 2.48 bits per heavy atom. The topological polar surface area (TPSA) is 75.0 Å². The van der Waals surface area contributed by atoms with E-state index in [0.717, 1.165) is 43.7 Å². The molecule has 1 fully saturated rings. The summed E-state index contributed by atoms with van der Waals surface area (Å²) in [6.45, 7) is 3.56. The first kappa shape index (κ1) is 13.9. The summed E-state index contributed by atoms with van der Waals surface area (Å²) in [6.07, 6.45) is 5.62. The van der Waals surface area contributed by atoms with Gasteiger partial charge in [-0.3, -0.25) is 9.89 Å². The second-order valence-electron chi connectivity index (χ2n) is 5.53. The van der Waals surface area contributed by atoms with Gasteiger partial charge in [0.2, 0.25) is 0 Å². The number of nitrogens with zero attached hydrogens (tertiary/aromatic N) is 3. The van der Waals surface area contributed by atoms with Crippen LogP contribution in [0.2, 0.25) is 0 Å². The molecular weight excluding hydrogens is 268 g/mol. The van der Waals surface area contributed by atoms with Crippen molar-refractivity contribution in [1.82, 2.24) is 20.3 Å². The van der Waals surface area contributed by atoms with E-state index in [1.54, 1.807) is 12.3 Å². The molecule has 0 saturated carbocycles. The number of aromatic amines is 1. The number of hydrogen-bond acceptors (Lipinski definition) is 4. The second-order valence-corrected chi connectivity index (χ2v) is 5.53. The lowest BCUT2D eigenvalue weighted by molar-refractivity contribution is 0.0695. The minimum Gasteiger partial charge on any atom is -0.361 e. The molecule has 2 aromatic rings. The van der Waals surface area contributed by atoms with Crippen LogP contribution in [0.15, 0.2) is 22.9 Å². The molecule has 3 heterocycles. The number of rotatable bonds is 4. The second kappa shape index (κ2) is 6.11. The van der Waals surface area contributed by atoms with Crippen molar-refractivity contribution in [2.24, 2.45) is 0 Å². The van der Waals surface area contributed by atoms with E-state index >= 15 is 0 Å². The Hall–Kier alpha value is -2.11. The largest absolute Gasteiger partial charge is 0.361 e. The standard InChI is InChI=1S/C15H20N4O2/c1-2-4-12-9-14(18-21-12)15(20)19-8-3-5-11(10-19)13-6-7-16-17-13/h6-7,9,11H,2-5,8,10H2,1H3,(H,16,17)/t11-/m1/s1. The van der Waals surface area contributed by atoms with Gasteiger partial charge in [0.1, 0.15) is 5.76 Å². The maximum absolute atomic E-state index is 12.5. The zero-order chi connectivity index (χ0) is 14.7. The molecule has 1 atom stereocenters. The van der Waals surface area contributed by atoms with Crippen molar-refractivity contribution in [3.05, 3.63) is 35.5 Å². The van der Waals surface area contributed by atoms with Crippen LogP contribution in [0, 0.1) is 0 Å². The van der Waals surface area contributed by atoms with Gasteiger partial charge < -0.3 is 9.42 Å². The van der Waals surface area contributed by atoms with Gasteiger partial charge in [-0.05, 0) is 25.3 Å². The number of piperidine rings is 1. The number of aromatic nitrogens is 3. The van der Waals surface area contributed by atoms with Crippen LogP contribution in [0.5, 0.6) is 0 Å². The molecule has 0 unspecified atom stereocenters. The van der Waals surface area contributed by atoms with Crippen molar-refractivity contribution in [2.75, 3.05) is 13.1 Å². The van der Waals surface area contributed by atoms with Crippen LogP contribution < -0.4 is 0 Å². The fraction of sp³-hybridized carbons (Fsp3) is 0.533. The van der Waals surface area contributed by atoms with Gasteiger partial charge in [-0.1, -0.05) is 12.1 Å². The smallest absolute Gasteiger partial charge is 0.276 e. The Labute approximate surface area is 123 Å². The molecule has 0 spiro atoms. The number of likely N-dealkylation sites (tertiary alicyclic amines) is 1. The molecule has 0 aromatic carbocycles. The third-order valence-corrected chi connectivity index (χ3v) is 3.95. The summed E-state index contributed by atoms with van der Waals surface area (Å²) in [6, 6.07) is 3.75. The molecule has 21 heavy (non-hydrogen) atoms. The Morgan fingerprint density at radius 3 is 3.24 bits per heavy atom. The summed E-state index contributed by atoms with van der Waals surface area (Å²) < 4.78 is 5.20. The quantitative estimate of drug-likeness (QED) is 0.937. The molecule has 6 heteroatoms. The van der Waals surface area contributed by atoms with Crippen LogP contribution in [-0.4, -0.2) is 39.3 Å². The van der Waals surface area contributed by atoms with Crippen molar-refractivity contribution in [1.29, 1.82) is 0 Å². The summed E-state index contributed by atoms with van der Waals surface area (Å²) >= 11 is 0. The lowest BCUT2D eigenvalue weighted by atomic mass is 9.95. The van der Waals surface area contributed by atoms with Crippen molar-refractivity contribution in [3.63, 3.8) is 0 Å². The van der Waals surface area contributed by atoms with Gasteiger partial charge >= 0.3 is 0 Å². The molecule has 112 valence electrons. The number of aryl methyl sites for hydroxylation is 1. The first-order valence-corrected chi connectivity index (χ1v) is 7.52. The maximum atomic E-state index is 12.5. The highest BCUT2D eigenvalue weighted by Gasteiger charge is 2.27. The molecule has 1 aliphatic rings. The first-order chi connectivity index (χ1) is 10.3. The van der Waals surface area contributed by atoms with Crippen LogP contribution in [0.25, 0.3) is 0 Å². The number of amides is 1. The predicted octanol–water partition coefficient (Wildman–Crippen LogP) is 2.37. The summed E-state index contributed by atoms with van der Waals surface area (Å²) in [5, 5.41) is 10.9. The van der Waals surface area contributed by atoms with Gasteiger partial charge in [0.15, 0.2) is 5.69 Å². The highest BCUT2D eigenvalue weighted by molar-refractivity contribution is 5.92. The zero-order valence-corrected chi connectivity index (χ0v) is 12.2. The number of carbonyl (C=O) groups excluding carboxylic acids is 1. The molecule has 2 aromatic heterocycles. The van der Waals surface area contributed by atoms with Crippen LogP contribution in [0.3, 0.4) is 0 Å². The fourth-order valence-electron chi connectivity index (χ4n) is 2.85. The average molecular weight is 288 g/mol. The molecular formula is C15H20N4O2.